The van der Waals surface area contributed by atoms with E-state index in [9.17, 15) is 4.39 Å². The number of halogens is 1. The van der Waals surface area contributed by atoms with Gasteiger partial charge in [-0.15, -0.1) is 0 Å². The smallest absolute Gasteiger partial charge is 0.165 e. The molecule has 0 unspecified atom stereocenters. The van der Waals surface area contributed by atoms with Crippen LogP contribution in [0.25, 0.3) is 5.70 Å². The molecule has 0 saturated carbocycles. The molecule has 25 heavy (non-hydrogen) atoms. The number of hydrogen-bond acceptors (Lipinski definition) is 7. The summed E-state index contributed by atoms with van der Waals surface area (Å²) in [5.74, 6) is 5.55. The second-order valence-electron chi connectivity index (χ2n) is 5.60. The predicted octanol–water partition coefficient (Wildman–Crippen LogP) is 1.32. The van der Waals surface area contributed by atoms with Gasteiger partial charge in [0.1, 0.15) is 17.7 Å². The third kappa shape index (κ3) is 2.50. The van der Waals surface area contributed by atoms with E-state index in [0.717, 1.165) is 22.7 Å². The van der Waals surface area contributed by atoms with Crippen LogP contribution in [0.5, 0.6) is 5.75 Å². The lowest BCUT2D eigenvalue weighted by atomic mass is 10.2. The first kappa shape index (κ1) is 15.2. The van der Waals surface area contributed by atoms with Crippen molar-refractivity contribution >= 4 is 17.7 Å². The lowest BCUT2D eigenvalue weighted by molar-refractivity contribution is 0.386. The molecule has 0 saturated heterocycles. The molecular formula is C16H16FN7O. The van der Waals surface area contributed by atoms with Crippen molar-refractivity contribution in [1.29, 1.82) is 0 Å². The van der Waals surface area contributed by atoms with Crippen molar-refractivity contribution in [3.05, 3.63) is 59.6 Å². The summed E-state index contributed by atoms with van der Waals surface area (Å²) in [6.45, 7) is 0. The Morgan fingerprint density at radius 1 is 1.32 bits per heavy atom. The van der Waals surface area contributed by atoms with Crippen LogP contribution in [0.2, 0.25) is 0 Å². The minimum Gasteiger partial charge on any atom is -0.494 e. The molecule has 2 aromatic rings. The van der Waals surface area contributed by atoms with Gasteiger partial charge in [-0.2, -0.15) is 5.10 Å². The van der Waals surface area contributed by atoms with Gasteiger partial charge in [0, 0.05) is 24.9 Å². The second kappa shape index (κ2) is 5.64. The van der Waals surface area contributed by atoms with E-state index in [1.807, 2.05) is 13.2 Å². The van der Waals surface area contributed by atoms with Crippen molar-refractivity contribution in [3.8, 4) is 5.75 Å². The third-order valence-electron chi connectivity index (χ3n) is 3.92. The number of nitrogens with two attached hydrogens (primary N) is 1. The van der Waals surface area contributed by atoms with Gasteiger partial charge < -0.3 is 4.74 Å². The SMILES string of the molecule is COc1cc(N2NC(c3cnn(C)c3)=C3N=CN(N)C=C32)ccc1F. The predicted molar refractivity (Wildman–Crippen MR) is 91.3 cm³/mol. The van der Waals surface area contributed by atoms with Gasteiger partial charge in [0.2, 0.25) is 0 Å². The highest BCUT2D eigenvalue weighted by Crippen LogP contribution is 2.37. The number of aromatic nitrogens is 2. The Bertz CT molecular complexity index is 930. The van der Waals surface area contributed by atoms with Crippen molar-refractivity contribution in [2.24, 2.45) is 17.9 Å². The second-order valence-corrected chi connectivity index (χ2v) is 5.60. The molecule has 0 atom stereocenters. The topological polar surface area (TPSA) is 83.9 Å². The molecule has 0 amide bonds. The van der Waals surface area contributed by atoms with Crippen LogP contribution < -0.4 is 21.0 Å². The molecule has 9 heteroatoms. The van der Waals surface area contributed by atoms with Crippen molar-refractivity contribution in [2.75, 3.05) is 12.1 Å². The zero-order chi connectivity index (χ0) is 17.6. The molecule has 8 nitrogen and oxygen atoms in total. The number of anilines is 1. The maximum absolute atomic E-state index is 13.7. The van der Waals surface area contributed by atoms with E-state index in [1.165, 1.54) is 24.5 Å². The molecule has 2 aliphatic heterocycles. The molecule has 0 radical (unpaired) electrons. The Morgan fingerprint density at radius 3 is 2.88 bits per heavy atom. The first-order valence-electron chi connectivity index (χ1n) is 7.50. The van der Waals surface area contributed by atoms with Gasteiger partial charge in [0.15, 0.2) is 11.6 Å². The summed E-state index contributed by atoms with van der Waals surface area (Å²) >= 11 is 0. The normalized spacial score (nSPS) is 16.1. The number of benzene rings is 1. The largest absolute Gasteiger partial charge is 0.494 e. The zero-order valence-corrected chi connectivity index (χ0v) is 13.6. The van der Waals surface area contributed by atoms with Crippen LogP contribution in [-0.2, 0) is 7.05 Å². The number of hydrogen-bond donors (Lipinski definition) is 2. The Hall–Kier alpha value is -3.33. The van der Waals surface area contributed by atoms with E-state index in [1.54, 1.807) is 34.2 Å². The summed E-state index contributed by atoms with van der Waals surface area (Å²) in [7, 11) is 3.27. The van der Waals surface area contributed by atoms with E-state index in [-0.39, 0.29) is 5.75 Å². The number of aliphatic imine (C=N–C) groups is 1. The van der Waals surface area contributed by atoms with Crippen molar-refractivity contribution in [2.45, 2.75) is 0 Å². The molecule has 3 N–H and O–H groups in total. The van der Waals surface area contributed by atoms with Gasteiger partial charge in [-0.05, 0) is 12.1 Å². The molecule has 1 aromatic heterocycles. The van der Waals surface area contributed by atoms with Crippen LogP contribution in [0.15, 0.2) is 53.2 Å². The maximum atomic E-state index is 13.7. The summed E-state index contributed by atoms with van der Waals surface area (Å²) in [5.41, 5.74) is 7.09. The standard InChI is InChI=1S/C16H16FN7O/c1-22-7-10(6-20-22)15-16-13(8-23(18)9-19-16)24(21-15)11-3-4-12(17)14(5-11)25-2/h3-9,21H,18H2,1-2H3. The lowest BCUT2D eigenvalue weighted by Crippen LogP contribution is -2.34. The Balaban J connectivity index is 1.79. The first-order chi connectivity index (χ1) is 12.1. The molecule has 0 fully saturated rings. The van der Waals surface area contributed by atoms with Crippen molar-refractivity contribution in [3.63, 3.8) is 0 Å². The summed E-state index contributed by atoms with van der Waals surface area (Å²) in [6.07, 6.45) is 6.87. The fourth-order valence-corrected chi connectivity index (χ4v) is 2.75. The van der Waals surface area contributed by atoms with E-state index < -0.39 is 5.82 Å². The number of rotatable bonds is 3. The fraction of sp³-hybridized carbons (Fsp3) is 0.125. The van der Waals surface area contributed by atoms with Gasteiger partial charge >= 0.3 is 0 Å². The zero-order valence-electron chi connectivity index (χ0n) is 13.6. The number of hydrazine groups is 2. The summed E-state index contributed by atoms with van der Waals surface area (Å²) < 4.78 is 20.5. The van der Waals surface area contributed by atoms with Gasteiger partial charge in [-0.1, -0.05) is 0 Å². The Labute approximate surface area is 143 Å². The van der Waals surface area contributed by atoms with E-state index in [0.29, 0.717) is 5.69 Å². The van der Waals surface area contributed by atoms with Gasteiger partial charge in [-0.25, -0.2) is 15.2 Å². The average Bonchev–Trinajstić information content (AvgIpc) is 3.18. The number of ether oxygens (including phenoxy) is 1. The van der Waals surface area contributed by atoms with Crippen LogP contribution in [0.1, 0.15) is 5.56 Å². The highest BCUT2D eigenvalue weighted by Gasteiger charge is 2.31. The monoisotopic (exact) mass is 341 g/mol. The third-order valence-corrected chi connectivity index (χ3v) is 3.92. The molecule has 2 aliphatic rings. The van der Waals surface area contributed by atoms with Crippen molar-refractivity contribution < 1.29 is 9.13 Å². The van der Waals surface area contributed by atoms with Crippen LogP contribution in [-0.4, -0.2) is 28.2 Å². The van der Waals surface area contributed by atoms with E-state index in [2.05, 4.69) is 15.5 Å². The summed E-state index contributed by atoms with van der Waals surface area (Å²) in [5, 5.41) is 7.33. The molecule has 1 aromatic carbocycles. The molecular weight excluding hydrogens is 325 g/mol. The van der Waals surface area contributed by atoms with E-state index in [4.69, 9.17) is 10.6 Å². The summed E-state index contributed by atoms with van der Waals surface area (Å²) in [4.78, 5) is 4.42. The fourth-order valence-electron chi connectivity index (χ4n) is 2.75. The van der Waals surface area contributed by atoms with Gasteiger partial charge in [-0.3, -0.25) is 20.1 Å². The van der Waals surface area contributed by atoms with Crippen LogP contribution in [0.3, 0.4) is 0 Å². The minimum absolute atomic E-state index is 0.153. The summed E-state index contributed by atoms with van der Waals surface area (Å²) in [6, 6.07) is 4.60. The quantitative estimate of drug-likeness (QED) is 0.819. The number of fused-ring (bicyclic) bond motifs is 1. The van der Waals surface area contributed by atoms with Crippen LogP contribution >= 0.6 is 0 Å². The first-order valence-corrected chi connectivity index (χ1v) is 7.50. The van der Waals surface area contributed by atoms with Gasteiger partial charge in [0.05, 0.1) is 30.9 Å². The van der Waals surface area contributed by atoms with Crippen LogP contribution in [0.4, 0.5) is 10.1 Å². The lowest BCUT2D eigenvalue weighted by Gasteiger charge is -2.24. The Kier molecular flexibility index (Phi) is 3.43. The molecule has 128 valence electrons. The number of methoxy groups -OCH3 is 1. The van der Waals surface area contributed by atoms with Crippen LogP contribution in [0, 0.1) is 5.82 Å². The highest BCUT2D eigenvalue weighted by atomic mass is 19.1. The van der Waals surface area contributed by atoms with Gasteiger partial charge in [0.25, 0.3) is 0 Å². The number of nitrogens with zero attached hydrogens (tertiary/aromatic N) is 5. The number of nitrogens with one attached hydrogen (secondary N) is 1. The minimum atomic E-state index is -0.429. The molecule has 0 spiro atoms. The van der Waals surface area contributed by atoms with E-state index >= 15 is 0 Å². The van der Waals surface area contributed by atoms with Crippen molar-refractivity contribution in [1.82, 2.24) is 20.2 Å². The molecule has 3 heterocycles. The number of aryl methyl sites for hydroxylation is 1. The molecule has 0 bridgehead atoms. The average molecular weight is 341 g/mol. The Morgan fingerprint density at radius 2 is 2.16 bits per heavy atom. The molecule has 0 aliphatic carbocycles. The highest BCUT2D eigenvalue weighted by molar-refractivity contribution is 5.83. The molecule has 4 rings (SSSR count). The maximum Gasteiger partial charge on any atom is 0.165 e.